The molecule has 0 unspecified atom stereocenters. The third-order valence-electron chi connectivity index (χ3n) is 4.93. The van der Waals surface area contributed by atoms with Crippen LogP contribution in [0.15, 0.2) is 42.6 Å². The van der Waals surface area contributed by atoms with Gasteiger partial charge < -0.3 is 5.32 Å². The molecule has 2 aliphatic carbocycles. The minimum absolute atomic E-state index is 0.0577. The molecule has 4 rings (SSSR count). The first kappa shape index (κ1) is 14.0. The number of fused-ring (bicyclic) bond motifs is 1. The van der Waals surface area contributed by atoms with E-state index in [1.54, 1.807) is 12.3 Å². The monoisotopic (exact) mass is 303 g/mol. The van der Waals surface area contributed by atoms with Gasteiger partial charge in [-0.1, -0.05) is 18.2 Å². The van der Waals surface area contributed by atoms with Gasteiger partial charge in [0.15, 0.2) is 0 Å². The SMILES string of the molecule is N#Cc1cccc(C2(NC(=O)[C@H]3CCc4cccnc43)CC2)c1. The average Bonchev–Trinajstić information content (AvgIpc) is 3.24. The molecule has 1 aromatic carbocycles. The van der Waals surface area contributed by atoms with Gasteiger partial charge in [-0.3, -0.25) is 9.78 Å². The number of nitrogens with one attached hydrogen (secondary N) is 1. The smallest absolute Gasteiger partial charge is 0.229 e. The lowest BCUT2D eigenvalue weighted by Crippen LogP contribution is -2.38. The van der Waals surface area contributed by atoms with Crippen molar-refractivity contribution in [3.05, 3.63) is 65.0 Å². The molecule has 0 bridgehead atoms. The van der Waals surface area contributed by atoms with Crippen LogP contribution in [0.4, 0.5) is 0 Å². The largest absolute Gasteiger partial charge is 0.346 e. The molecule has 2 aromatic rings. The summed E-state index contributed by atoms with van der Waals surface area (Å²) in [5, 5.41) is 12.3. The molecule has 1 N–H and O–H groups in total. The topological polar surface area (TPSA) is 65.8 Å². The van der Waals surface area contributed by atoms with Gasteiger partial charge in [-0.15, -0.1) is 0 Å². The average molecular weight is 303 g/mol. The number of benzene rings is 1. The molecule has 1 aromatic heterocycles. The fourth-order valence-corrected chi connectivity index (χ4v) is 3.49. The lowest BCUT2D eigenvalue weighted by atomic mass is 10.00. The zero-order chi connectivity index (χ0) is 15.9. The molecular weight excluding hydrogens is 286 g/mol. The molecule has 0 radical (unpaired) electrons. The molecule has 0 aliphatic heterocycles. The molecule has 1 amide bonds. The fourth-order valence-electron chi connectivity index (χ4n) is 3.49. The van der Waals surface area contributed by atoms with Crippen LogP contribution < -0.4 is 5.32 Å². The zero-order valence-electron chi connectivity index (χ0n) is 12.7. The molecule has 1 fully saturated rings. The van der Waals surface area contributed by atoms with Crippen LogP contribution >= 0.6 is 0 Å². The molecule has 23 heavy (non-hydrogen) atoms. The number of rotatable bonds is 3. The summed E-state index contributed by atoms with van der Waals surface area (Å²) in [6.07, 6.45) is 5.35. The van der Waals surface area contributed by atoms with E-state index in [2.05, 4.69) is 22.4 Å². The molecule has 2 aliphatic rings. The van der Waals surface area contributed by atoms with Crippen LogP contribution in [-0.4, -0.2) is 10.9 Å². The minimum atomic E-state index is -0.290. The van der Waals surface area contributed by atoms with E-state index in [1.807, 2.05) is 24.3 Å². The van der Waals surface area contributed by atoms with Gasteiger partial charge in [0.2, 0.25) is 5.91 Å². The van der Waals surface area contributed by atoms with Gasteiger partial charge in [0.1, 0.15) is 0 Å². The number of aryl methyl sites for hydroxylation is 1. The number of aromatic nitrogens is 1. The summed E-state index contributed by atoms with van der Waals surface area (Å²) in [5.41, 5.74) is 3.48. The van der Waals surface area contributed by atoms with Crippen molar-refractivity contribution in [1.82, 2.24) is 10.3 Å². The normalized spacial score (nSPS) is 20.4. The van der Waals surface area contributed by atoms with Crippen molar-refractivity contribution >= 4 is 5.91 Å². The van der Waals surface area contributed by atoms with Crippen molar-refractivity contribution in [2.75, 3.05) is 0 Å². The fraction of sp³-hybridized carbons (Fsp3) is 0.316. The van der Waals surface area contributed by atoms with Crippen molar-refractivity contribution < 1.29 is 4.79 Å². The Bertz CT molecular complexity index is 817. The first-order valence-corrected chi connectivity index (χ1v) is 7.98. The van der Waals surface area contributed by atoms with Crippen molar-refractivity contribution in [1.29, 1.82) is 5.26 Å². The number of carbonyl (C=O) groups is 1. The Balaban J connectivity index is 1.56. The van der Waals surface area contributed by atoms with Crippen LogP contribution in [0.3, 0.4) is 0 Å². The van der Waals surface area contributed by atoms with Crippen LogP contribution in [0, 0.1) is 11.3 Å². The third kappa shape index (κ3) is 2.39. The molecule has 0 saturated heterocycles. The summed E-state index contributed by atoms with van der Waals surface area (Å²) in [6, 6.07) is 13.7. The van der Waals surface area contributed by atoms with Gasteiger partial charge in [-0.2, -0.15) is 5.26 Å². The maximum absolute atomic E-state index is 12.8. The summed E-state index contributed by atoms with van der Waals surface area (Å²) in [5.74, 6) is -0.0925. The van der Waals surface area contributed by atoms with Gasteiger partial charge in [0, 0.05) is 6.20 Å². The lowest BCUT2D eigenvalue weighted by Gasteiger charge is -2.21. The molecule has 1 saturated carbocycles. The summed E-state index contributed by atoms with van der Waals surface area (Å²) < 4.78 is 0. The number of pyridine rings is 1. The maximum Gasteiger partial charge on any atom is 0.229 e. The van der Waals surface area contributed by atoms with Gasteiger partial charge in [-0.25, -0.2) is 0 Å². The zero-order valence-corrected chi connectivity index (χ0v) is 12.7. The molecule has 114 valence electrons. The Morgan fingerprint density at radius 1 is 1.30 bits per heavy atom. The predicted molar refractivity (Wildman–Crippen MR) is 85.5 cm³/mol. The van der Waals surface area contributed by atoms with Crippen LogP contribution in [0.25, 0.3) is 0 Å². The third-order valence-corrected chi connectivity index (χ3v) is 4.93. The Kier molecular flexibility index (Phi) is 3.16. The Labute approximate surface area is 135 Å². The highest BCUT2D eigenvalue weighted by Gasteiger charge is 2.47. The van der Waals surface area contributed by atoms with Gasteiger partial charge in [0.25, 0.3) is 0 Å². The van der Waals surface area contributed by atoms with Crippen molar-refractivity contribution in [3.63, 3.8) is 0 Å². The van der Waals surface area contributed by atoms with E-state index in [4.69, 9.17) is 5.26 Å². The number of nitrogens with zero attached hydrogens (tertiary/aromatic N) is 2. The van der Waals surface area contributed by atoms with E-state index < -0.39 is 0 Å². The highest BCUT2D eigenvalue weighted by Crippen LogP contribution is 2.46. The second-order valence-corrected chi connectivity index (χ2v) is 6.40. The second kappa shape index (κ2) is 5.20. The summed E-state index contributed by atoms with van der Waals surface area (Å²) in [7, 11) is 0. The van der Waals surface area contributed by atoms with Crippen LogP contribution in [0.2, 0.25) is 0 Å². The van der Waals surface area contributed by atoms with Crippen LogP contribution in [0.5, 0.6) is 0 Å². The first-order valence-electron chi connectivity index (χ1n) is 7.98. The van der Waals surface area contributed by atoms with Gasteiger partial charge in [-0.05, 0) is 55.0 Å². The number of hydrogen-bond donors (Lipinski definition) is 1. The van der Waals surface area contributed by atoms with E-state index in [1.165, 1.54) is 5.56 Å². The van der Waals surface area contributed by atoms with Crippen molar-refractivity contribution in [2.24, 2.45) is 0 Å². The first-order chi connectivity index (χ1) is 11.2. The van der Waals surface area contributed by atoms with Crippen LogP contribution in [-0.2, 0) is 16.8 Å². The Morgan fingerprint density at radius 3 is 2.96 bits per heavy atom. The second-order valence-electron chi connectivity index (χ2n) is 6.40. The number of hydrogen-bond acceptors (Lipinski definition) is 3. The summed E-state index contributed by atoms with van der Waals surface area (Å²) in [6.45, 7) is 0. The highest BCUT2D eigenvalue weighted by molar-refractivity contribution is 5.85. The molecule has 0 spiro atoms. The summed E-state index contributed by atoms with van der Waals surface area (Å²) >= 11 is 0. The highest BCUT2D eigenvalue weighted by atomic mass is 16.2. The minimum Gasteiger partial charge on any atom is -0.346 e. The number of amides is 1. The Morgan fingerprint density at radius 2 is 2.17 bits per heavy atom. The molecule has 4 nitrogen and oxygen atoms in total. The van der Waals surface area contributed by atoms with E-state index in [-0.39, 0.29) is 17.4 Å². The Hall–Kier alpha value is -2.67. The molecule has 1 atom stereocenters. The van der Waals surface area contributed by atoms with Gasteiger partial charge in [0.05, 0.1) is 28.8 Å². The van der Waals surface area contributed by atoms with Crippen LogP contribution in [0.1, 0.15) is 47.6 Å². The van der Waals surface area contributed by atoms with Crippen molar-refractivity contribution in [3.8, 4) is 6.07 Å². The molecule has 4 heteroatoms. The van der Waals surface area contributed by atoms with E-state index in [9.17, 15) is 4.79 Å². The quantitative estimate of drug-likeness (QED) is 0.948. The predicted octanol–water partition coefficient (Wildman–Crippen LogP) is 2.79. The lowest BCUT2D eigenvalue weighted by molar-refractivity contribution is -0.123. The summed E-state index contributed by atoms with van der Waals surface area (Å²) in [4.78, 5) is 17.2. The van der Waals surface area contributed by atoms with Crippen molar-refractivity contribution in [2.45, 2.75) is 37.1 Å². The number of nitriles is 1. The standard InChI is InChI=1S/C19H17N3O/c20-12-13-3-1-5-15(11-13)19(8-9-19)22-18(23)16-7-6-14-4-2-10-21-17(14)16/h1-5,10-11,16H,6-9H2,(H,22,23)/t16-/m0/s1. The maximum atomic E-state index is 12.8. The van der Waals surface area contributed by atoms with E-state index in [0.29, 0.717) is 5.56 Å². The van der Waals surface area contributed by atoms with E-state index in [0.717, 1.165) is 36.9 Å². The van der Waals surface area contributed by atoms with Gasteiger partial charge >= 0.3 is 0 Å². The molecule has 1 heterocycles. The molecular formula is C19H17N3O. The van der Waals surface area contributed by atoms with E-state index >= 15 is 0 Å². The number of carbonyl (C=O) groups excluding carboxylic acids is 1.